The molecule has 0 saturated heterocycles. The summed E-state index contributed by atoms with van der Waals surface area (Å²) < 4.78 is 2.27. The number of fused-ring (bicyclic) bond motifs is 1. The van der Waals surface area contributed by atoms with Crippen LogP contribution in [0.4, 0.5) is 0 Å². The first-order valence-corrected chi connectivity index (χ1v) is 5.06. The van der Waals surface area contributed by atoms with E-state index in [-0.39, 0.29) is 23.4 Å². The van der Waals surface area contributed by atoms with Crippen LogP contribution in [0.5, 0.6) is 0 Å². The van der Waals surface area contributed by atoms with Gasteiger partial charge in [0.2, 0.25) is 0 Å². The van der Waals surface area contributed by atoms with Crippen molar-refractivity contribution in [3.63, 3.8) is 0 Å². The molecule has 0 amide bonds. The van der Waals surface area contributed by atoms with Crippen molar-refractivity contribution < 1.29 is 4.79 Å². The molecule has 0 atom stereocenters. The Labute approximate surface area is 95.7 Å². The summed E-state index contributed by atoms with van der Waals surface area (Å²) in [5.41, 5.74) is -0.367. The Morgan fingerprint density at radius 1 is 1.29 bits per heavy atom. The van der Waals surface area contributed by atoms with Gasteiger partial charge in [0, 0.05) is 14.1 Å². The van der Waals surface area contributed by atoms with E-state index < -0.39 is 11.2 Å². The molecule has 0 radical (unpaired) electrons. The maximum absolute atomic E-state index is 11.8. The number of carbonyl (C=O) groups is 1. The minimum absolute atomic E-state index is 0.0640. The molecular weight excluding hydrogens is 224 g/mol. The third kappa shape index (κ3) is 1.69. The fraction of sp³-hybridized carbons (Fsp3) is 0.400. The molecule has 17 heavy (non-hydrogen) atoms. The summed E-state index contributed by atoms with van der Waals surface area (Å²) in [4.78, 5) is 41.3. The first-order valence-electron chi connectivity index (χ1n) is 5.06. The van der Waals surface area contributed by atoms with Crippen LogP contribution in [0.1, 0.15) is 12.7 Å². The lowest BCUT2D eigenvalue weighted by Crippen LogP contribution is -2.36. The predicted octanol–water partition coefficient (Wildman–Crippen LogP) is -0.908. The van der Waals surface area contributed by atoms with Gasteiger partial charge in [-0.25, -0.2) is 9.78 Å². The standard InChI is InChI=1S/C10H12N4O3/c1-5(15)4-6-11-7-8(12-6)13(2)10(17)14(3)9(7)16/h4H2,1-3H3,(H,11,12). The molecule has 0 fully saturated rings. The van der Waals surface area contributed by atoms with Crippen molar-refractivity contribution in [1.82, 2.24) is 19.1 Å². The number of hydrogen-bond acceptors (Lipinski definition) is 4. The Balaban J connectivity index is 2.82. The molecule has 0 aromatic carbocycles. The average Bonchev–Trinajstić information content (AvgIpc) is 2.66. The maximum atomic E-state index is 11.8. The van der Waals surface area contributed by atoms with Gasteiger partial charge in [-0.3, -0.25) is 18.7 Å². The Morgan fingerprint density at radius 3 is 2.53 bits per heavy atom. The number of aromatic nitrogens is 4. The largest absolute Gasteiger partial charge is 0.336 e. The predicted molar refractivity (Wildman–Crippen MR) is 61.0 cm³/mol. The Bertz CT molecular complexity index is 719. The van der Waals surface area contributed by atoms with E-state index in [4.69, 9.17) is 0 Å². The number of carbonyl (C=O) groups excluding carboxylic acids is 1. The third-order valence-corrected chi connectivity index (χ3v) is 2.56. The quantitative estimate of drug-likeness (QED) is 0.731. The lowest BCUT2D eigenvalue weighted by molar-refractivity contribution is -0.116. The Hall–Kier alpha value is -2.18. The molecule has 0 saturated carbocycles. The fourth-order valence-electron chi connectivity index (χ4n) is 1.69. The number of aromatic amines is 1. The number of H-pyrrole nitrogens is 1. The van der Waals surface area contributed by atoms with Crippen LogP contribution >= 0.6 is 0 Å². The van der Waals surface area contributed by atoms with E-state index in [2.05, 4.69) is 9.97 Å². The van der Waals surface area contributed by atoms with Gasteiger partial charge in [0.05, 0.1) is 6.42 Å². The van der Waals surface area contributed by atoms with E-state index in [1.165, 1.54) is 25.6 Å². The van der Waals surface area contributed by atoms with Crippen LogP contribution in [0, 0.1) is 0 Å². The normalized spacial score (nSPS) is 11.0. The van der Waals surface area contributed by atoms with Crippen molar-refractivity contribution in [1.29, 1.82) is 0 Å². The number of nitrogens with zero attached hydrogens (tertiary/aromatic N) is 3. The summed E-state index contributed by atoms with van der Waals surface area (Å²) in [5.74, 6) is 0.330. The van der Waals surface area contributed by atoms with Crippen molar-refractivity contribution >= 4 is 16.9 Å². The van der Waals surface area contributed by atoms with Crippen LogP contribution < -0.4 is 11.2 Å². The number of ketones is 1. The van der Waals surface area contributed by atoms with E-state index in [0.29, 0.717) is 5.82 Å². The fourth-order valence-corrected chi connectivity index (χ4v) is 1.69. The summed E-state index contributed by atoms with van der Waals surface area (Å²) in [6.07, 6.45) is 0.117. The van der Waals surface area contributed by atoms with Gasteiger partial charge in [-0.15, -0.1) is 0 Å². The molecule has 0 unspecified atom stereocenters. The number of nitrogens with one attached hydrogen (secondary N) is 1. The van der Waals surface area contributed by atoms with Crippen LogP contribution in [0.3, 0.4) is 0 Å². The van der Waals surface area contributed by atoms with E-state index in [1.54, 1.807) is 0 Å². The summed E-state index contributed by atoms with van der Waals surface area (Å²) in [6.45, 7) is 1.43. The number of rotatable bonds is 2. The van der Waals surface area contributed by atoms with E-state index in [9.17, 15) is 14.4 Å². The summed E-state index contributed by atoms with van der Waals surface area (Å²) in [6, 6.07) is 0. The molecular formula is C10H12N4O3. The average molecular weight is 236 g/mol. The molecule has 0 aliphatic heterocycles. The highest BCUT2D eigenvalue weighted by Crippen LogP contribution is 2.04. The van der Waals surface area contributed by atoms with Crippen molar-refractivity contribution in [2.45, 2.75) is 13.3 Å². The number of Topliss-reactive ketones (excluding diaryl/α,β-unsaturated/α-hetero) is 1. The van der Waals surface area contributed by atoms with Gasteiger partial charge in [-0.05, 0) is 6.92 Å². The second kappa shape index (κ2) is 3.69. The topological polar surface area (TPSA) is 89.8 Å². The van der Waals surface area contributed by atoms with E-state index in [0.717, 1.165) is 4.57 Å². The maximum Gasteiger partial charge on any atom is 0.332 e. The van der Waals surface area contributed by atoms with Gasteiger partial charge < -0.3 is 4.98 Å². The summed E-state index contributed by atoms with van der Waals surface area (Å²) >= 11 is 0. The van der Waals surface area contributed by atoms with Gasteiger partial charge in [0.1, 0.15) is 17.1 Å². The van der Waals surface area contributed by atoms with Crippen LogP contribution in [0.15, 0.2) is 9.59 Å². The van der Waals surface area contributed by atoms with Gasteiger partial charge >= 0.3 is 5.69 Å². The smallest absolute Gasteiger partial charge is 0.332 e. The number of hydrogen-bond donors (Lipinski definition) is 1. The van der Waals surface area contributed by atoms with Gasteiger partial charge in [0.15, 0.2) is 5.65 Å². The SMILES string of the molecule is CC(=O)Cc1nc2c([nH]1)c(=O)n(C)c(=O)n2C. The molecule has 0 spiro atoms. The monoisotopic (exact) mass is 236 g/mol. The highest BCUT2D eigenvalue weighted by molar-refractivity contribution is 5.79. The molecule has 0 bridgehead atoms. The van der Waals surface area contributed by atoms with E-state index >= 15 is 0 Å². The lowest BCUT2D eigenvalue weighted by atomic mass is 10.3. The second-order valence-corrected chi connectivity index (χ2v) is 3.97. The zero-order valence-corrected chi connectivity index (χ0v) is 9.77. The Morgan fingerprint density at radius 2 is 1.94 bits per heavy atom. The molecule has 0 aliphatic rings. The van der Waals surface area contributed by atoms with Crippen LogP contribution in [-0.4, -0.2) is 24.9 Å². The molecule has 2 heterocycles. The zero-order valence-electron chi connectivity index (χ0n) is 9.77. The summed E-state index contributed by atoms with van der Waals surface area (Å²) in [5, 5.41) is 0. The molecule has 0 aliphatic carbocycles. The minimum Gasteiger partial charge on any atom is -0.336 e. The minimum atomic E-state index is -0.441. The van der Waals surface area contributed by atoms with Crippen molar-refractivity contribution in [2.75, 3.05) is 0 Å². The van der Waals surface area contributed by atoms with Gasteiger partial charge in [-0.2, -0.15) is 0 Å². The number of imidazole rings is 1. The van der Waals surface area contributed by atoms with Gasteiger partial charge in [0.25, 0.3) is 5.56 Å². The Kier molecular flexibility index (Phi) is 2.45. The highest BCUT2D eigenvalue weighted by Gasteiger charge is 2.13. The lowest BCUT2D eigenvalue weighted by Gasteiger charge is -2.00. The molecule has 90 valence electrons. The summed E-state index contributed by atoms with van der Waals surface area (Å²) in [7, 11) is 2.93. The molecule has 1 N–H and O–H groups in total. The van der Waals surface area contributed by atoms with E-state index in [1.807, 2.05) is 0 Å². The number of aryl methyl sites for hydroxylation is 1. The molecule has 2 aromatic rings. The van der Waals surface area contributed by atoms with Crippen LogP contribution in [-0.2, 0) is 25.3 Å². The highest BCUT2D eigenvalue weighted by atomic mass is 16.2. The van der Waals surface area contributed by atoms with Crippen LogP contribution in [0.25, 0.3) is 11.2 Å². The van der Waals surface area contributed by atoms with Crippen LogP contribution in [0.2, 0.25) is 0 Å². The first-order chi connectivity index (χ1) is 7.91. The van der Waals surface area contributed by atoms with Gasteiger partial charge in [-0.1, -0.05) is 0 Å². The molecule has 7 nitrogen and oxygen atoms in total. The van der Waals surface area contributed by atoms with Crippen molar-refractivity contribution in [2.24, 2.45) is 14.1 Å². The molecule has 2 aromatic heterocycles. The third-order valence-electron chi connectivity index (χ3n) is 2.56. The zero-order chi connectivity index (χ0) is 12.7. The van der Waals surface area contributed by atoms with Crippen molar-refractivity contribution in [3.05, 3.63) is 26.7 Å². The molecule has 2 rings (SSSR count). The second-order valence-electron chi connectivity index (χ2n) is 3.97. The molecule has 7 heteroatoms. The first kappa shape index (κ1) is 11.3. The van der Waals surface area contributed by atoms with Crippen molar-refractivity contribution in [3.8, 4) is 0 Å².